The molecule has 1 atom stereocenters. The van der Waals surface area contributed by atoms with Crippen LogP contribution >= 0.6 is 15.9 Å². The first kappa shape index (κ1) is 12.7. The molecule has 0 fully saturated rings. The van der Waals surface area contributed by atoms with Gasteiger partial charge in [0, 0.05) is 23.6 Å². The van der Waals surface area contributed by atoms with Crippen LogP contribution in [0.15, 0.2) is 28.7 Å². The predicted molar refractivity (Wildman–Crippen MR) is 68.7 cm³/mol. The third kappa shape index (κ3) is 4.33. The fourth-order valence-corrected chi connectivity index (χ4v) is 1.71. The van der Waals surface area contributed by atoms with Crippen molar-refractivity contribution < 1.29 is 0 Å². The summed E-state index contributed by atoms with van der Waals surface area (Å²) in [6, 6.07) is 8.75. The molecule has 84 valence electrons. The van der Waals surface area contributed by atoms with E-state index in [4.69, 9.17) is 5.73 Å². The standard InChI is InChI=1S/C12H19BrN2/c1-9(2)12(7-14)15-8-10-3-5-11(13)6-4-10/h3-6,9,12,15H,7-8,14H2,1-2H3. The van der Waals surface area contributed by atoms with Gasteiger partial charge in [0.1, 0.15) is 0 Å². The van der Waals surface area contributed by atoms with Gasteiger partial charge in [-0.1, -0.05) is 41.9 Å². The van der Waals surface area contributed by atoms with Crippen LogP contribution in [0.25, 0.3) is 0 Å². The second kappa shape index (κ2) is 6.26. The molecule has 0 amide bonds. The van der Waals surface area contributed by atoms with Crippen molar-refractivity contribution in [3.8, 4) is 0 Å². The van der Waals surface area contributed by atoms with Gasteiger partial charge in [-0.2, -0.15) is 0 Å². The average molecular weight is 271 g/mol. The lowest BCUT2D eigenvalue weighted by Gasteiger charge is -2.20. The molecule has 0 aliphatic heterocycles. The predicted octanol–water partition coefficient (Wildman–Crippen LogP) is 2.52. The van der Waals surface area contributed by atoms with Crippen LogP contribution < -0.4 is 11.1 Å². The summed E-state index contributed by atoms with van der Waals surface area (Å²) in [5.41, 5.74) is 6.98. The summed E-state index contributed by atoms with van der Waals surface area (Å²) < 4.78 is 1.12. The Morgan fingerprint density at radius 2 is 1.87 bits per heavy atom. The van der Waals surface area contributed by atoms with Gasteiger partial charge in [-0.05, 0) is 23.6 Å². The van der Waals surface area contributed by atoms with E-state index >= 15 is 0 Å². The first-order valence-corrected chi connectivity index (χ1v) is 6.10. The van der Waals surface area contributed by atoms with E-state index in [1.807, 2.05) is 0 Å². The summed E-state index contributed by atoms with van der Waals surface area (Å²) in [5, 5.41) is 3.46. The molecule has 0 saturated carbocycles. The molecule has 0 aliphatic carbocycles. The molecule has 0 heterocycles. The molecule has 1 aromatic rings. The lowest BCUT2D eigenvalue weighted by Crippen LogP contribution is -2.39. The largest absolute Gasteiger partial charge is 0.329 e. The minimum atomic E-state index is 0.397. The van der Waals surface area contributed by atoms with Crippen LogP contribution in [0.3, 0.4) is 0 Å². The van der Waals surface area contributed by atoms with Crippen LogP contribution in [0.2, 0.25) is 0 Å². The Morgan fingerprint density at radius 3 is 2.33 bits per heavy atom. The van der Waals surface area contributed by atoms with E-state index in [1.54, 1.807) is 0 Å². The highest BCUT2D eigenvalue weighted by atomic mass is 79.9. The smallest absolute Gasteiger partial charge is 0.0216 e. The zero-order valence-corrected chi connectivity index (χ0v) is 10.9. The first-order valence-electron chi connectivity index (χ1n) is 5.31. The summed E-state index contributed by atoms with van der Waals surface area (Å²) in [7, 11) is 0. The van der Waals surface area contributed by atoms with Crippen molar-refractivity contribution in [3.63, 3.8) is 0 Å². The average Bonchev–Trinajstić information content (AvgIpc) is 2.21. The van der Waals surface area contributed by atoms with Crippen molar-refractivity contribution in [2.24, 2.45) is 11.7 Å². The second-order valence-corrected chi connectivity index (χ2v) is 5.01. The molecular weight excluding hydrogens is 252 g/mol. The van der Waals surface area contributed by atoms with E-state index in [0.29, 0.717) is 18.5 Å². The maximum atomic E-state index is 5.69. The fraction of sp³-hybridized carbons (Fsp3) is 0.500. The van der Waals surface area contributed by atoms with Gasteiger partial charge in [-0.15, -0.1) is 0 Å². The Hall–Kier alpha value is -0.380. The third-order valence-electron chi connectivity index (χ3n) is 2.54. The van der Waals surface area contributed by atoms with E-state index in [1.165, 1.54) is 5.56 Å². The molecule has 0 saturated heterocycles. The Morgan fingerprint density at radius 1 is 1.27 bits per heavy atom. The molecule has 0 radical (unpaired) electrons. The lowest BCUT2D eigenvalue weighted by molar-refractivity contribution is 0.405. The Kier molecular flexibility index (Phi) is 5.29. The van der Waals surface area contributed by atoms with Crippen LogP contribution in [0.1, 0.15) is 19.4 Å². The van der Waals surface area contributed by atoms with Crippen molar-refractivity contribution in [3.05, 3.63) is 34.3 Å². The van der Waals surface area contributed by atoms with Crippen molar-refractivity contribution >= 4 is 15.9 Å². The van der Waals surface area contributed by atoms with Crippen LogP contribution in [-0.2, 0) is 6.54 Å². The van der Waals surface area contributed by atoms with Crippen LogP contribution in [0.5, 0.6) is 0 Å². The van der Waals surface area contributed by atoms with E-state index in [2.05, 4.69) is 59.4 Å². The van der Waals surface area contributed by atoms with Crippen LogP contribution in [-0.4, -0.2) is 12.6 Å². The number of nitrogens with two attached hydrogens (primary N) is 1. The van der Waals surface area contributed by atoms with Gasteiger partial charge < -0.3 is 11.1 Å². The highest BCUT2D eigenvalue weighted by Gasteiger charge is 2.09. The molecule has 15 heavy (non-hydrogen) atoms. The van der Waals surface area contributed by atoms with Gasteiger partial charge >= 0.3 is 0 Å². The lowest BCUT2D eigenvalue weighted by atomic mass is 10.0. The van der Waals surface area contributed by atoms with Crippen molar-refractivity contribution in [2.45, 2.75) is 26.4 Å². The minimum absolute atomic E-state index is 0.397. The number of halogens is 1. The molecule has 2 nitrogen and oxygen atoms in total. The number of hydrogen-bond acceptors (Lipinski definition) is 2. The molecule has 0 aliphatic rings. The molecule has 1 aromatic carbocycles. The molecule has 1 unspecified atom stereocenters. The second-order valence-electron chi connectivity index (χ2n) is 4.09. The van der Waals surface area contributed by atoms with Gasteiger partial charge in [-0.25, -0.2) is 0 Å². The molecule has 0 bridgehead atoms. The fourth-order valence-electron chi connectivity index (χ4n) is 1.44. The van der Waals surface area contributed by atoms with E-state index in [9.17, 15) is 0 Å². The molecule has 0 aromatic heterocycles. The summed E-state index contributed by atoms with van der Waals surface area (Å²) >= 11 is 3.42. The van der Waals surface area contributed by atoms with Crippen LogP contribution in [0, 0.1) is 5.92 Å². The van der Waals surface area contributed by atoms with Crippen molar-refractivity contribution in [2.75, 3.05) is 6.54 Å². The van der Waals surface area contributed by atoms with E-state index in [-0.39, 0.29) is 0 Å². The Bertz CT molecular complexity index is 282. The highest BCUT2D eigenvalue weighted by molar-refractivity contribution is 9.10. The zero-order valence-electron chi connectivity index (χ0n) is 9.33. The number of nitrogens with one attached hydrogen (secondary N) is 1. The first-order chi connectivity index (χ1) is 7.13. The summed E-state index contributed by atoms with van der Waals surface area (Å²) in [4.78, 5) is 0. The van der Waals surface area contributed by atoms with Gasteiger partial charge in [-0.3, -0.25) is 0 Å². The Labute approximate surface area is 100 Å². The van der Waals surface area contributed by atoms with Gasteiger partial charge in [0.05, 0.1) is 0 Å². The van der Waals surface area contributed by atoms with Gasteiger partial charge in [0.2, 0.25) is 0 Å². The topological polar surface area (TPSA) is 38.0 Å². The number of rotatable bonds is 5. The number of benzene rings is 1. The molecule has 0 spiro atoms. The molecule has 1 rings (SSSR count). The Balaban J connectivity index is 2.45. The van der Waals surface area contributed by atoms with Gasteiger partial charge in [0.25, 0.3) is 0 Å². The molecule has 3 N–H and O–H groups in total. The number of hydrogen-bond donors (Lipinski definition) is 2. The van der Waals surface area contributed by atoms with E-state index < -0.39 is 0 Å². The zero-order chi connectivity index (χ0) is 11.3. The summed E-state index contributed by atoms with van der Waals surface area (Å²) in [6.07, 6.45) is 0. The molecule has 3 heteroatoms. The van der Waals surface area contributed by atoms with Crippen molar-refractivity contribution in [1.82, 2.24) is 5.32 Å². The van der Waals surface area contributed by atoms with Crippen LogP contribution in [0.4, 0.5) is 0 Å². The maximum Gasteiger partial charge on any atom is 0.0216 e. The van der Waals surface area contributed by atoms with E-state index in [0.717, 1.165) is 11.0 Å². The normalized spacial score (nSPS) is 13.1. The SMILES string of the molecule is CC(C)C(CN)NCc1ccc(Br)cc1. The highest BCUT2D eigenvalue weighted by Crippen LogP contribution is 2.10. The monoisotopic (exact) mass is 270 g/mol. The van der Waals surface area contributed by atoms with Gasteiger partial charge in [0.15, 0.2) is 0 Å². The minimum Gasteiger partial charge on any atom is -0.329 e. The van der Waals surface area contributed by atoms with Crippen molar-refractivity contribution in [1.29, 1.82) is 0 Å². The maximum absolute atomic E-state index is 5.69. The third-order valence-corrected chi connectivity index (χ3v) is 3.07. The summed E-state index contributed by atoms with van der Waals surface area (Å²) in [5.74, 6) is 0.574. The summed E-state index contributed by atoms with van der Waals surface area (Å²) in [6.45, 7) is 5.94. The molecular formula is C12H19BrN2. The quantitative estimate of drug-likeness (QED) is 0.863.